The van der Waals surface area contributed by atoms with Gasteiger partial charge in [0.2, 0.25) is 5.91 Å². The van der Waals surface area contributed by atoms with Gasteiger partial charge in [-0.1, -0.05) is 13.8 Å². The first-order chi connectivity index (χ1) is 7.74. The summed E-state index contributed by atoms with van der Waals surface area (Å²) in [5, 5.41) is 2.70. The van der Waals surface area contributed by atoms with Crippen LogP contribution in [0.4, 0.5) is 0 Å². The van der Waals surface area contributed by atoms with E-state index in [1.165, 1.54) is 7.11 Å². The van der Waals surface area contributed by atoms with Crippen LogP contribution in [0.3, 0.4) is 0 Å². The summed E-state index contributed by atoms with van der Waals surface area (Å²) >= 11 is 0. The summed E-state index contributed by atoms with van der Waals surface area (Å²) < 4.78 is 4.68. The molecule has 0 spiro atoms. The van der Waals surface area contributed by atoms with Crippen LogP contribution in [0.5, 0.6) is 0 Å². The molecule has 3 N–H and O–H groups in total. The van der Waals surface area contributed by atoms with Crippen molar-refractivity contribution in [2.24, 2.45) is 17.1 Å². The van der Waals surface area contributed by atoms with E-state index in [4.69, 9.17) is 5.73 Å². The van der Waals surface area contributed by atoms with Crippen LogP contribution in [-0.4, -0.2) is 31.6 Å². The maximum absolute atomic E-state index is 11.9. The van der Waals surface area contributed by atoms with E-state index < -0.39 is 17.4 Å². The number of carbonyl (C=O) groups is 2. The summed E-state index contributed by atoms with van der Waals surface area (Å²) in [5.74, 6) is -0.351. The Bertz CT molecular complexity index is 275. The quantitative estimate of drug-likeness (QED) is 0.673. The zero-order chi connectivity index (χ0) is 13.6. The first-order valence-corrected chi connectivity index (χ1v) is 5.83. The number of esters is 1. The predicted molar refractivity (Wildman–Crippen MR) is 66.2 cm³/mol. The Labute approximate surface area is 103 Å². The third-order valence-corrected chi connectivity index (χ3v) is 2.62. The molecule has 0 aliphatic heterocycles. The van der Waals surface area contributed by atoms with Crippen molar-refractivity contribution >= 4 is 11.9 Å². The van der Waals surface area contributed by atoms with Crippen LogP contribution in [0, 0.1) is 11.3 Å². The molecule has 0 aromatic carbocycles. The van der Waals surface area contributed by atoms with E-state index in [9.17, 15) is 9.59 Å². The third-order valence-electron chi connectivity index (χ3n) is 2.62. The number of nitrogens with two attached hydrogens (primary N) is 1. The molecule has 0 aliphatic carbocycles. The van der Waals surface area contributed by atoms with Crippen LogP contribution < -0.4 is 11.1 Å². The maximum atomic E-state index is 11.9. The maximum Gasteiger partial charge on any atom is 0.328 e. The van der Waals surface area contributed by atoms with Gasteiger partial charge < -0.3 is 15.8 Å². The molecule has 0 heterocycles. The minimum absolute atomic E-state index is 0.226. The van der Waals surface area contributed by atoms with Crippen molar-refractivity contribution in [3.63, 3.8) is 0 Å². The normalized spacial score (nSPS) is 13.4. The highest BCUT2D eigenvalue weighted by Crippen LogP contribution is 2.14. The number of nitrogens with one attached hydrogen (secondary N) is 1. The number of amides is 1. The van der Waals surface area contributed by atoms with Crippen molar-refractivity contribution in [2.45, 2.75) is 40.2 Å². The van der Waals surface area contributed by atoms with Gasteiger partial charge in [-0.3, -0.25) is 4.79 Å². The first kappa shape index (κ1) is 15.9. The van der Waals surface area contributed by atoms with E-state index in [0.717, 1.165) is 0 Å². The lowest BCUT2D eigenvalue weighted by Gasteiger charge is -2.25. The minimum atomic E-state index is -0.677. The Kier molecular flexibility index (Phi) is 6.16. The Morgan fingerprint density at radius 3 is 2.24 bits per heavy atom. The SMILES string of the molecule is COC(=O)[C@H](CC(C)C)NC(=O)C(C)(C)CN. The van der Waals surface area contributed by atoms with E-state index in [-0.39, 0.29) is 12.5 Å². The van der Waals surface area contributed by atoms with Crippen molar-refractivity contribution in [1.82, 2.24) is 5.32 Å². The lowest BCUT2D eigenvalue weighted by atomic mass is 9.91. The number of rotatable bonds is 6. The molecule has 100 valence electrons. The van der Waals surface area contributed by atoms with Crippen molar-refractivity contribution in [2.75, 3.05) is 13.7 Å². The van der Waals surface area contributed by atoms with Gasteiger partial charge in [0, 0.05) is 6.54 Å². The lowest BCUT2D eigenvalue weighted by molar-refractivity contribution is -0.146. The van der Waals surface area contributed by atoms with Gasteiger partial charge in [-0.05, 0) is 26.2 Å². The molecule has 0 rings (SSSR count). The van der Waals surface area contributed by atoms with E-state index in [0.29, 0.717) is 12.3 Å². The molecule has 0 unspecified atom stereocenters. The molecule has 0 aromatic heterocycles. The Morgan fingerprint density at radius 2 is 1.88 bits per heavy atom. The molecule has 0 fully saturated rings. The van der Waals surface area contributed by atoms with Gasteiger partial charge in [-0.15, -0.1) is 0 Å². The summed E-state index contributed by atoms with van der Waals surface area (Å²) in [5.41, 5.74) is 4.84. The molecule has 1 amide bonds. The van der Waals surface area contributed by atoms with Crippen molar-refractivity contribution < 1.29 is 14.3 Å². The fraction of sp³-hybridized carbons (Fsp3) is 0.833. The molecular weight excluding hydrogens is 220 g/mol. The molecule has 0 saturated heterocycles. The summed E-state index contributed by atoms with van der Waals surface area (Å²) in [6.45, 7) is 7.68. The van der Waals surface area contributed by atoms with Crippen molar-refractivity contribution in [1.29, 1.82) is 0 Å². The van der Waals surface area contributed by atoms with Crippen LogP contribution in [0.15, 0.2) is 0 Å². The zero-order valence-electron chi connectivity index (χ0n) is 11.4. The third kappa shape index (κ3) is 5.17. The average molecular weight is 244 g/mol. The number of hydrogen-bond donors (Lipinski definition) is 2. The fourth-order valence-electron chi connectivity index (χ4n) is 1.27. The number of methoxy groups -OCH3 is 1. The van der Waals surface area contributed by atoms with Crippen molar-refractivity contribution in [3.8, 4) is 0 Å². The molecule has 1 atom stereocenters. The van der Waals surface area contributed by atoms with Crippen LogP contribution in [-0.2, 0) is 14.3 Å². The van der Waals surface area contributed by atoms with Crippen molar-refractivity contribution in [3.05, 3.63) is 0 Å². The first-order valence-electron chi connectivity index (χ1n) is 5.83. The predicted octanol–water partition coefficient (Wildman–Crippen LogP) is 0.675. The molecule has 0 aromatic rings. The number of hydrogen-bond acceptors (Lipinski definition) is 4. The standard InChI is InChI=1S/C12H24N2O3/c1-8(2)6-9(10(15)17-5)14-11(16)12(3,4)7-13/h8-9H,6-7,13H2,1-5H3,(H,14,16)/t9-/m0/s1. The van der Waals surface area contributed by atoms with Gasteiger partial charge in [-0.2, -0.15) is 0 Å². The Hall–Kier alpha value is -1.10. The summed E-state index contributed by atoms with van der Waals surface area (Å²) in [6.07, 6.45) is 0.555. The highest BCUT2D eigenvalue weighted by atomic mass is 16.5. The summed E-state index contributed by atoms with van der Waals surface area (Å²) in [4.78, 5) is 23.4. The van der Waals surface area contributed by atoms with Gasteiger partial charge in [0.1, 0.15) is 6.04 Å². The monoisotopic (exact) mass is 244 g/mol. The minimum Gasteiger partial charge on any atom is -0.467 e. The Morgan fingerprint density at radius 1 is 1.35 bits per heavy atom. The van der Waals surface area contributed by atoms with E-state index >= 15 is 0 Å². The largest absolute Gasteiger partial charge is 0.467 e. The molecule has 0 bridgehead atoms. The number of ether oxygens (including phenoxy) is 1. The highest BCUT2D eigenvalue weighted by Gasteiger charge is 2.30. The second-order valence-electron chi connectivity index (χ2n) is 5.27. The average Bonchev–Trinajstić information content (AvgIpc) is 2.26. The van der Waals surface area contributed by atoms with Crippen LogP contribution >= 0.6 is 0 Å². The van der Waals surface area contributed by atoms with E-state index in [2.05, 4.69) is 10.1 Å². The van der Waals surface area contributed by atoms with Gasteiger partial charge in [0.25, 0.3) is 0 Å². The topological polar surface area (TPSA) is 81.4 Å². The fourth-order valence-corrected chi connectivity index (χ4v) is 1.27. The van der Waals surface area contributed by atoms with Gasteiger partial charge in [0.15, 0.2) is 0 Å². The molecule has 0 aliphatic rings. The van der Waals surface area contributed by atoms with E-state index in [1.807, 2.05) is 13.8 Å². The van der Waals surface area contributed by atoms with Crippen LogP contribution in [0.2, 0.25) is 0 Å². The van der Waals surface area contributed by atoms with Gasteiger partial charge in [0.05, 0.1) is 12.5 Å². The summed E-state index contributed by atoms with van der Waals surface area (Å²) in [6, 6.07) is -0.599. The molecule has 17 heavy (non-hydrogen) atoms. The Balaban J connectivity index is 4.64. The van der Waals surface area contributed by atoms with Gasteiger partial charge >= 0.3 is 5.97 Å². The summed E-state index contributed by atoms with van der Waals surface area (Å²) in [7, 11) is 1.32. The van der Waals surface area contributed by atoms with E-state index in [1.54, 1.807) is 13.8 Å². The molecule has 0 radical (unpaired) electrons. The van der Waals surface area contributed by atoms with Crippen LogP contribution in [0.25, 0.3) is 0 Å². The molecule has 0 saturated carbocycles. The van der Waals surface area contributed by atoms with Crippen LogP contribution in [0.1, 0.15) is 34.1 Å². The zero-order valence-corrected chi connectivity index (χ0v) is 11.4. The molecular formula is C12H24N2O3. The number of carbonyl (C=O) groups excluding carboxylic acids is 2. The second-order valence-corrected chi connectivity index (χ2v) is 5.27. The smallest absolute Gasteiger partial charge is 0.328 e. The molecule has 5 heteroatoms. The highest BCUT2D eigenvalue weighted by molar-refractivity contribution is 5.87. The second kappa shape index (κ2) is 6.59. The molecule has 5 nitrogen and oxygen atoms in total. The lowest BCUT2D eigenvalue weighted by Crippen LogP contribution is -2.49. The van der Waals surface area contributed by atoms with Gasteiger partial charge in [-0.25, -0.2) is 4.79 Å².